The summed E-state index contributed by atoms with van der Waals surface area (Å²) in [6, 6.07) is 2.82. The summed E-state index contributed by atoms with van der Waals surface area (Å²) in [5.74, 6) is -0.472. The maximum absolute atomic E-state index is 11.2. The molecule has 8 heteroatoms. The third-order valence-corrected chi connectivity index (χ3v) is 3.29. The van der Waals surface area contributed by atoms with Gasteiger partial charge in [0.05, 0.1) is 5.02 Å². The maximum Gasteiger partial charge on any atom is 0.327 e. The molecule has 2 aromatic rings. The van der Waals surface area contributed by atoms with Crippen molar-refractivity contribution in [1.82, 2.24) is 19.9 Å². The van der Waals surface area contributed by atoms with Crippen molar-refractivity contribution in [3.8, 4) is 0 Å². The number of nitrogens with zero attached hydrogens (tertiary/aromatic N) is 4. The molecular weight excluding hydrogens is 270 g/mol. The van der Waals surface area contributed by atoms with E-state index in [-0.39, 0.29) is 0 Å². The smallest absolute Gasteiger partial charge is 0.327 e. The second kappa shape index (κ2) is 4.67. The van der Waals surface area contributed by atoms with Crippen LogP contribution in [0.15, 0.2) is 18.3 Å². The van der Waals surface area contributed by atoms with Crippen molar-refractivity contribution < 1.29 is 9.90 Å². The molecule has 1 saturated heterocycles. The molecule has 0 aliphatic carbocycles. The molecule has 1 aliphatic heterocycles. The number of anilines is 1. The highest BCUT2D eigenvalue weighted by molar-refractivity contribution is 6.30. The van der Waals surface area contributed by atoms with Crippen molar-refractivity contribution in [1.29, 1.82) is 0 Å². The van der Waals surface area contributed by atoms with Gasteiger partial charge in [-0.2, -0.15) is 4.98 Å². The number of pyridine rings is 1. The molecule has 0 spiro atoms. The molecule has 7 nitrogen and oxygen atoms in total. The zero-order valence-corrected chi connectivity index (χ0v) is 10.7. The third-order valence-electron chi connectivity index (χ3n) is 3.07. The van der Waals surface area contributed by atoms with Gasteiger partial charge in [0.25, 0.3) is 0 Å². The Balaban J connectivity index is 1.99. The van der Waals surface area contributed by atoms with Crippen molar-refractivity contribution in [2.75, 3.05) is 24.5 Å². The summed E-state index contributed by atoms with van der Waals surface area (Å²) >= 11 is 5.89. The number of hydrogen-bond acceptors (Lipinski definition) is 5. The van der Waals surface area contributed by atoms with Crippen LogP contribution in [0.5, 0.6) is 0 Å². The Labute approximate surface area is 113 Å². The van der Waals surface area contributed by atoms with Crippen LogP contribution in [0.2, 0.25) is 5.02 Å². The number of aliphatic carboxylic acids is 1. The predicted octanol–water partition coefficient (Wildman–Crippen LogP) is 0.245. The molecule has 0 amide bonds. The summed E-state index contributed by atoms with van der Waals surface area (Å²) in [6.45, 7) is 1.65. The number of hydrogen-bond donors (Lipinski definition) is 2. The molecule has 2 N–H and O–H groups in total. The van der Waals surface area contributed by atoms with E-state index in [9.17, 15) is 9.90 Å². The summed E-state index contributed by atoms with van der Waals surface area (Å²) in [7, 11) is 0. The van der Waals surface area contributed by atoms with Crippen molar-refractivity contribution >= 4 is 29.2 Å². The van der Waals surface area contributed by atoms with Gasteiger partial charge in [-0.1, -0.05) is 11.6 Å². The fourth-order valence-electron chi connectivity index (χ4n) is 2.13. The summed E-state index contributed by atoms with van der Waals surface area (Å²) in [4.78, 5) is 17.3. The van der Waals surface area contributed by atoms with Gasteiger partial charge < -0.3 is 15.3 Å². The molecule has 100 valence electrons. The van der Waals surface area contributed by atoms with Gasteiger partial charge in [0, 0.05) is 25.8 Å². The van der Waals surface area contributed by atoms with Gasteiger partial charge in [0.1, 0.15) is 6.04 Å². The second-order valence-electron chi connectivity index (χ2n) is 4.31. The lowest BCUT2D eigenvalue weighted by molar-refractivity contribution is -0.138. The van der Waals surface area contributed by atoms with E-state index in [2.05, 4.69) is 15.4 Å². The first-order valence-corrected chi connectivity index (χ1v) is 6.25. The minimum absolute atomic E-state index is 0.381. The Morgan fingerprint density at radius 1 is 1.53 bits per heavy atom. The van der Waals surface area contributed by atoms with Crippen LogP contribution in [0.25, 0.3) is 5.65 Å². The van der Waals surface area contributed by atoms with Gasteiger partial charge >= 0.3 is 5.97 Å². The van der Waals surface area contributed by atoms with Gasteiger partial charge in [-0.25, -0.2) is 9.31 Å². The highest BCUT2D eigenvalue weighted by Crippen LogP contribution is 2.17. The lowest BCUT2D eigenvalue weighted by atomic mass is 10.2. The summed E-state index contributed by atoms with van der Waals surface area (Å²) < 4.78 is 1.55. The zero-order chi connectivity index (χ0) is 13.4. The van der Waals surface area contributed by atoms with Crippen molar-refractivity contribution in [2.45, 2.75) is 6.04 Å². The van der Waals surface area contributed by atoms with E-state index < -0.39 is 12.0 Å². The van der Waals surface area contributed by atoms with Crippen LogP contribution in [-0.4, -0.2) is 51.4 Å². The largest absolute Gasteiger partial charge is 0.480 e. The first-order valence-electron chi connectivity index (χ1n) is 5.87. The van der Waals surface area contributed by atoms with Crippen molar-refractivity contribution in [2.24, 2.45) is 0 Å². The molecule has 2 aromatic heterocycles. The third kappa shape index (κ3) is 2.22. The summed E-state index contributed by atoms with van der Waals surface area (Å²) in [6.07, 6.45) is 1.64. The van der Waals surface area contributed by atoms with Crippen LogP contribution in [0.3, 0.4) is 0 Å². The molecule has 1 aliphatic rings. The van der Waals surface area contributed by atoms with E-state index in [0.717, 1.165) is 0 Å². The highest BCUT2D eigenvalue weighted by atomic mass is 35.5. The number of halogens is 1. The SMILES string of the molecule is O=C(O)C1CNCCN1c1nc2ccc(Cl)cn2n1. The fourth-order valence-corrected chi connectivity index (χ4v) is 2.29. The van der Waals surface area contributed by atoms with Gasteiger partial charge in [-0.05, 0) is 12.1 Å². The van der Waals surface area contributed by atoms with E-state index in [0.29, 0.717) is 36.3 Å². The first kappa shape index (κ1) is 12.2. The van der Waals surface area contributed by atoms with Gasteiger partial charge in [-0.15, -0.1) is 5.10 Å². The standard InChI is InChI=1S/C11H12ClN5O2/c12-7-1-2-9-14-11(15-17(9)6-7)16-4-3-13-5-8(16)10(18)19/h1-2,6,8,13H,3-5H2,(H,18,19). The lowest BCUT2D eigenvalue weighted by Gasteiger charge is -2.32. The number of piperazine rings is 1. The van der Waals surface area contributed by atoms with Crippen LogP contribution in [0.4, 0.5) is 5.95 Å². The molecule has 0 bridgehead atoms. The molecule has 1 unspecified atom stereocenters. The number of nitrogens with one attached hydrogen (secondary N) is 1. The molecule has 3 heterocycles. The molecular formula is C11H12ClN5O2. The van der Waals surface area contributed by atoms with E-state index in [4.69, 9.17) is 11.6 Å². The van der Waals surface area contributed by atoms with Crippen molar-refractivity contribution in [3.05, 3.63) is 23.4 Å². The predicted molar refractivity (Wildman–Crippen MR) is 69.6 cm³/mol. The maximum atomic E-state index is 11.2. The molecule has 0 saturated carbocycles. The van der Waals surface area contributed by atoms with Crippen LogP contribution >= 0.6 is 11.6 Å². The van der Waals surface area contributed by atoms with Crippen LogP contribution in [0.1, 0.15) is 0 Å². The summed E-state index contributed by atoms with van der Waals surface area (Å²) in [5.41, 5.74) is 0.641. The van der Waals surface area contributed by atoms with Crippen molar-refractivity contribution in [3.63, 3.8) is 0 Å². The molecule has 0 aromatic carbocycles. The fraction of sp³-hybridized carbons (Fsp3) is 0.364. The van der Waals surface area contributed by atoms with Crippen LogP contribution in [-0.2, 0) is 4.79 Å². The number of aromatic nitrogens is 3. The monoisotopic (exact) mass is 281 g/mol. The number of fused-ring (bicyclic) bond motifs is 1. The minimum atomic E-state index is -0.885. The molecule has 19 heavy (non-hydrogen) atoms. The topological polar surface area (TPSA) is 82.8 Å². The van der Waals surface area contributed by atoms with Crippen LogP contribution < -0.4 is 10.2 Å². The number of carbonyl (C=O) groups is 1. The Hall–Kier alpha value is -1.86. The van der Waals surface area contributed by atoms with E-state index in [1.807, 2.05) is 0 Å². The van der Waals surface area contributed by atoms with E-state index in [1.54, 1.807) is 27.7 Å². The van der Waals surface area contributed by atoms with E-state index >= 15 is 0 Å². The quantitative estimate of drug-likeness (QED) is 0.821. The minimum Gasteiger partial charge on any atom is -0.480 e. The lowest BCUT2D eigenvalue weighted by Crippen LogP contribution is -2.55. The zero-order valence-electron chi connectivity index (χ0n) is 9.95. The Kier molecular flexibility index (Phi) is 3.00. The Morgan fingerprint density at radius 3 is 3.16 bits per heavy atom. The summed E-state index contributed by atoms with van der Waals surface area (Å²) in [5, 5.41) is 17.1. The highest BCUT2D eigenvalue weighted by Gasteiger charge is 2.30. The van der Waals surface area contributed by atoms with Gasteiger partial charge in [0.2, 0.25) is 5.95 Å². The molecule has 0 radical (unpaired) electrons. The number of carboxylic acids is 1. The second-order valence-corrected chi connectivity index (χ2v) is 4.75. The molecule has 1 atom stereocenters. The molecule has 1 fully saturated rings. The van der Waals surface area contributed by atoms with Gasteiger partial charge in [0.15, 0.2) is 5.65 Å². The Morgan fingerprint density at radius 2 is 2.37 bits per heavy atom. The van der Waals surface area contributed by atoms with E-state index in [1.165, 1.54) is 0 Å². The number of rotatable bonds is 2. The average molecular weight is 282 g/mol. The first-order chi connectivity index (χ1) is 9.15. The van der Waals surface area contributed by atoms with Gasteiger partial charge in [-0.3, -0.25) is 0 Å². The molecule has 3 rings (SSSR count). The normalized spacial score (nSPS) is 19.8. The Bertz CT molecular complexity index is 629. The average Bonchev–Trinajstić information content (AvgIpc) is 2.81. The number of carboxylic acid groups (broad SMARTS) is 1. The van der Waals surface area contributed by atoms with Crippen LogP contribution in [0, 0.1) is 0 Å².